The molecule has 2 aliphatic carbocycles. The summed E-state index contributed by atoms with van der Waals surface area (Å²) < 4.78 is 86.9. The van der Waals surface area contributed by atoms with E-state index in [4.69, 9.17) is 24.7 Å². The van der Waals surface area contributed by atoms with Crippen LogP contribution in [0.5, 0.6) is 0 Å². The average Bonchev–Trinajstić information content (AvgIpc) is 1.85. The number of fused-ring (bicyclic) bond motifs is 6. The number of halogens is 1. The number of hydrogen-bond acceptors (Lipinski definition) is 18. The summed E-state index contributed by atoms with van der Waals surface area (Å²) in [6.45, 7) is 1.18. The van der Waals surface area contributed by atoms with Crippen LogP contribution in [-0.4, -0.2) is 119 Å². The number of carbonyl (C=O) groups excluding carboxylic acids is 6. The molecule has 0 unspecified atom stereocenters. The number of hydrogen-bond donors (Lipinski definition) is 5. The molecule has 0 heterocycles. The Morgan fingerprint density at radius 3 is 1.15 bits per heavy atom. The Balaban J connectivity index is 0.000000474. The number of rotatable bonds is 22. The molecule has 0 aliphatic heterocycles. The number of ether oxygens (including phenoxy) is 4. The van der Waals surface area contributed by atoms with E-state index in [1.54, 1.807) is 12.1 Å². The van der Waals surface area contributed by atoms with Crippen molar-refractivity contribution in [2.24, 2.45) is 5.73 Å². The normalized spacial score (nSPS) is 12.2. The van der Waals surface area contributed by atoms with E-state index in [2.05, 4.69) is 16.0 Å². The van der Waals surface area contributed by atoms with Crippen molar-refractivity contribution in [2.75, 3.05) is 44.4 Å². The van der Waals surface area contributed by atoms with E-state index >= 15 is 0 Å². The zero-order valence-corrected chi connectivity index (χ0v) is 55.3. The Hall–Kier alpha value is -5.39. The van der Waals surface area contributed by atoms with Gasteiger partial charge in [0, 0.05) is 37.9 Å². The molecule has 2 atom stereocenters. The molecule has 22 nitrogen and oxygen atoms in total. The molecule has 0 aromatic heterocycles. The number of carboxylic acid groups (broad SMARTS) is 1. The zero-order valence-electron chi connectivity index (χ0n) is 46.8. The number of alkyl carbamates (subject to hydrolysis) is 4. The van der Waals surface area contributed by atoms with Crippen molar-refractivity contribution in [1.82, 2.24) is 21.3 Å². The summed E-state index contributed by atoms with van der Waals surface area (Å²) in [4.78, 5) is 70.9. The average molecular weight is 1250 g/mol. The third-order valence-electron chi connectivity index (χ3n) is 12.4. The molecule has 8 rings (SSSR count). The van der Waals surface area contributed by atoms with Crippen molar-refractivity contribution in [3.63, 3.8) is 0 Å². The molecule has 0 bridgehead atoms. The van der Waals surface area contributed by atoms with E-state index in [1.165, 1.54) is 0 Å². The Kier molecular flexibility index (Phi) is 33.9. The van der Waals surface area contributed by atoms with E-state index in [0.29, 0.717) is 13.1 Å². The maximum absolute atomic E-state index is 12.7. The topological polar surface area (TPSA) is 351 Å². The molecule has 2 aliphatic rings. The number of carboxylic acids is 1. The van der Waals surface area contributed by atoms with Crippen molar-refractivity contribution in [2.45, 2.75) is 50.0 Å². The maximum Gasteiger partial charge on any atom is 1.00 e. The van der Waals surface area contributed by atoms with Crippen LogP contribution in [0.2, 0.25) is 0 Å². The van der Waals surface area contributed by atoms with Crippen LogP contribution < -0.4 is 121 Å². The van der Waals surface area contributed by atoms with Gasteiger partial charge in [0.15, 0.2) is 5.78 Å². The van der Waals surface area contributed by atoms with Crippen LogP contribution >= 0.6 is 12.4 Å². The monoisotopic (exact) mass is 1250 g/mol. The van der Waals surface area contributed by atoms with Gasteiger partial charge in [-0.25, -0.2) is 36.0 Å². The molecule has 0 spiro atoms. The maximum atomic E-state index is 12.7. The largest absolute Gasteiger partial charge is 1.00 e. The van der Waals surface area contributed by atoms with Crippen LogP contribution in [0.4, 0.5) is 19.2 Å². The SMILES string of the molecule is Cl.NCCNC(=O)OCc1ccccc1.O=C(NCCCC(=O)[C@H](CS(=O)(=O)[O-])NC(=O)OCC1c2ccccc2-c2ccccc21)OCc1ccccc1.O=C(N[C@@H](CS(=O)(=O)[O-])C(=O)[O-])OCC1c2ccccc2-c2ccccc21.[Na+].[Na+].[Na+]. The fraction of sp³-hybridized carbons (Fsp3) is 0.263. The molecular weight excluding hydrogens is 1200 g/mol. The fourth-order valence-corrected chi connectivity index (χ4v) is 10.0. The number of Topliss-reactive ketones (excluding diaryl/α,β-unsaturated/α-hetero) is 1. The summed E-state index contributed by atoms with van der Waals surface area (Å²) >= 11 is 0. The van der Waals surface area contributed by atoms with Gasteiger partial charge in [-0.15, -0.1) is 12.4 Å². The van der Waals surface area contributed by atoms with Crippen molar-refractivity contribution in [3.05, 3.63) is 191 Å². The number of ketones is 1. The van der Waals surface area contributed by atoms with Crippen LogP contribution in [0.1, 0.15) is 58.1 Å². The second kappa shape index (κ2) is 38.0. The van der Waals surface area contributed by atoms with Crippen LogP contribution in [0.15, 0.2) is 158 Å². The Labute approximate surface area is 565 Å². The van der Waals surface area contributed by atoms with Gasteiger partial charge in [0.2, 0.25) is 0 Å². The third kappa shape index (κ3) is 25.1. The van der Waals surface area contributed by atoms with Gasteiger partial charge < -0.3 is 65.0 Å². The van der Waals surface area contributed by atoms with Gasteiger partial charge in [-0.3, -0.25) is 4.79 Å². The molecule has 0 saturated carbocycles. The molecule has 4 amide bonds. The molecular formula is C57H59ClN5Na3O17S2. The molecule has 6 N–H and O–H groups in total. The minimum atomic E-state index is -4.87. The molecule has 436 valence electrons. The van der Waals surface area contributed by atoms with E-state index < -0.39 is 80.0 Å². The summed E-state index contributed by atoms with van der Waals surface area (Å²) in [6, 6.07) is 45.8. The molecule has 6 aromatic carbocycles. The van der Waals surface area contributed by atoms with E-state index in [1.807, 2.05) is 151 Å². The first kappa shape index (κ1) is 75.7. The Morgan fingerprint density at radius 1 is 0.471 bits per heavy atom. The van der Waals surface area contributed by atoms with Crippen molar-refractivity contribution in [3.8, 4) is 22.3 Å². The minimum absolute atomic E-state index is 0. The molecule has 85 heavy (non-hydrogen) atoms. The Morgan fingerprint density at radius 2 is 0.800 bits per heavy atom. The second-order valence-electron chi connectivity index (χ2n) is 18.1. The summed E-state index contributed by atoms with van der Waals surface area (Å²) in [6.07, 6.45) is -3.31. The van der Waals surface area contributed by atoms with Crippen LogP contribution in [-0.2, 0) is 62.0 Å². The van der Waals surface area contributed by atoms with Crippen LogP contribution in [0.3, 0.4) is 0 Å². The van der Waals surface area contributed by atoms with Crippen LogP contribution in [0.25, 0.3) is 22.3 Å². The summed E-state index contributed by atoms with van der Waals surface area (Å²) in [7, 11) is -9.70. The summed E-state index contributed by atoms with van der Waals surface area (Å²) in [5.41, 5.74) is 15.0. The first-order valence-corrected chi connectivity index (χ1v) is 28.4. The minimum Gasteiger partial charge on any atom is -0.748 e. The number of benzene rings is 6. The van der Waals surface area contributed by atoms with E-state index in [9.17, 15) is 59.8 Å². The number of aliphatic carboxylic acids is 1. The first-order chi connectivity index (χ1) is 38.8. The van der Waals surface area contributed by atoms with Gasteiger partial charge in [0.1, 0.15) is 32.5 Å². The van der Waals surface area contributed by atoms with Crippen molar-refractivity contribution in [1.29, 1.82) is 0 Å². The number of amides is 4. The van der Waals surface area contributed by atoms with Gasteiger partial charge >= 0.3 is 113 Å². The molecule has 28 heteroatoms. The first-order valence-electron chi connectivity index (χ1n) is 25.2. The van der Waals surface area contributed by atoms with Crippen molar-refractivity contribution < 1.29 is 167 Å². The van der Waals surface area contributed by atoms with E-state index in [-0.39, 0.29) is 159 Å². The smallest absolute Gasteiger partial charge is 0.748 e. The second-order valence-corrected chi connectivity index (χ2v) is 21.0. The predicted molar refractivity (Wildman–Crippen MR) is 298 cm³/mol. The predicted octanol–water partition coefficient (Wildman–Crippen LogP) is -3.79. The standard InChI is InChI=1S/C29H30N2O8S.C18H17NO7S.C10H14N2O2.ClH.3Na/c32-27(15-8-16-30-28(33)38-17-20-9-2-1-3-10-20)26(19-40(35,36)37)31-29(34)39-18-25-23-13-6-4-11-21(23)22-12-5-7-14-24(22)25;20-17(21)16(10-27(23,24)25)19-18(22)26-9-15-13-7-3-1-5-11(13)12-6-2-4-8-14(12)15;11-6-7-12-10(13)14-8-9-4-2-1-3-5-9;;;;/h1-7,9-14,25-26H,8,15-19H2,(H,30,33)(H,31,34)(H,35,36,37);1-8,15-16H,9-10H2,(H,19,22)(H,20,21)(H,23,24,25);1-5H,6-8,11H2,(H,12,13);1H;;;/q;;;;3*+1/p-3/t26-;16-;;;;;/m00...../s1. The van der Waals surface area contributed by atoms with Gasteiger partial charge in [0.05, 0.1) is 43.8 Å². The quantitative estimate of drug-likeness (QED) is 0.0188. The van der Waals surface area contributed by atoms with Gasteiger partial charge in [0.25, 0.3) is 0 Å². The molecule has 6 aromatic rings. The summed E-state index contributed by atoms with van der Waals surface area (Å²) in [5, 5.41) is 20.0. The van der Waals surface area contributed by atoms with Gasteiger partial charge in [-0.2, -0.15) is 0 Å². The van der Waals surface area contributed by atoms with Crippen LogP contribution in [0, 0.1) is 0 Å². The van der Waals surface area contributed by atoms with E-state index in [0.717, 1.165) is 55.6 Å². The summed E-state index contributed by atoms with van der Waals surface area (Å²) in [5.74, 6) is -5.46. The molecule has 0 radical (unpaired) electrons. The molecule has 0 fully saturated rings. The van der Waals surface area contributed by atoms with Crippen molar-refractivity contribution >= 4 is 68.8 Å². The zero-order chi connectivity index (χ0) is 58.4. The fourth-order valence-electron chi connectivity index (χ4n) is 8.71. The Bertz CT molecular complexity index is 3290. The number of carbonyl (C=O) groups is 6. The van der Waals surface area contributed by atoms with Gasteiger partial charge in [-0.05, 0) is 62.1 Å². The number of nitrogens with two attached hydrogens (primary N) is 1. The molecule has 0 saturated heterocycles. The van der Waals surface area contributed by atoms with Gasteiger partial charge in [-0.1, -0.05) is 158 Å². The number of nitrogens with one attached hydrogen (secondary N) is 4. The third-order valence-corrected chi connectivity index (χ3v) is 13.9.